The number of likely N-dealkylation sites (N-methyl/N-ethyl adjacent to an activating group) is 2. The van der Waals surface area contributed by atoms with Gasteiger partial charge in [0.05, 0.1) is 0 Å². The van der Waals surface area contributed by atoms with Gasteiger partial charge in [-0.1, -0.05) is 0 Å². The highest BCUT2D eigenvalue weighted by molar-refractivity contribution is 6.17. The van der Waals surface area contributed by atoms with Gasteiger partial charge in [-0.2, -0.15) is 0 Å². The summed E-state index contributed by atoms with van der Waals surface area (Å²) in [6.45, 7) is 8.38. The van der Waals surface area contributed by atoms with Crippen LogP contribution in [0.25, 0.3) is 0 Å². The second kappa shape index (κ2) is 6.95. The van der Waals surface area contributed by atoms with E-state index in [0.717, 1.165) is 30.2 Å². The fraction of sp³-hybridized carbons (Fsp3) is 0.643. The molecule has 4 heteroatoms. The number of aryl methyl sites for hydroxylation is 1. The van der Waals surface area contributed by atoms with Gasteiger partial charge in [0.2, 0.25) is 0 Å². The average Bonchev–Trinajstić information content (AvgIpc) is 2.28. The molecule has 0 fully saturated rings. The van der Waals surface area contributed by atoms with Crippen LogP contribution < -0.4 is 4.90 Å². The number of pyridine rings is 1. The summed E-state index contributed by atoms with van der Waals surface area (Å²) in [5.41, 5.74) is 2.16. The highest BCUT2D eigenvalue weighted by Crippen LogP contribution is 2.18. The van der Waals surface area contributed by atoms with Crippen molar-refractivity contribution in [1.82, 2.24) is 9.88 Å². The lowest BCUT2D eigenvalue weighted by Gasteiger charge is -2.31. The monoisotopic (exact) mass is 269 g/mol. The lowest BCUT2D eigenvalue weighted by molar-refractivity contribution is 0.372. The predicted molar refractivity (Wildman–Crippen MR) is 79.6 cm³/mol. The standard InChI is InChI=1S/C14H24ClN3/c1-6-18(12(3)10-17(4)5)14-8-13(9-15)7-11(2)16-14/h7-8,12H,6,9-10H2,1-5H3. The summed E-state index contributed by atoms with van der Waals surface area (Å²) in [4.78, 5) is 9.15. The Morgan fingerprint density at radius 1 is 1.33 bits per heavy atom. The van der Waals surface area contributed by atoms with Gasteiger partial charge in [-0.3, -0.25) is 0 Å². The van der Waals surface area contributed by atoms with Crippen molar-refractivity contribution in [3.05, 3.63) is 23.4 Å². The molecule has 0 aliphatic carbocycles. The molecule has 0 aliphatic rings. The van der Waals surface area contributed by atoms with E-state index in [9.17, 15) is 0 Å². The molecule has 0 aliphatic heterocycles. The van der Waals surface area contributed by atoms with Crippen LogP contribution in [-0.4, -0.2) is 43.1 Å². The van der Waals surface area contributed by atoms with E-state index in [2.05, 4.69) is 48.8 Å². The molecule has 0 saturated carbocycles. The molecule has 0 radical (unpaired) electrons. The summed E-state index contributed by atoms with van der Waals surface area (Å²) in [6.07, 6.45) is 0. The number of anilines is 1. The van der Waals surface area contributed by atoms with Gasteiger partial charge in [-0.25, -0.2) is 4.98 Å². The summed E-state index contributed by atoms with van der Waals surface area (Å²) in [7, 11) is 4.19. The van der Waals surface area contributed by atoms with Crippen molar-refractivity contribution in [2.24, 2.45) is 0 Å². The van der Waals surface area contributed by atoms with Crippen LogP contribution in [0.1, 0.15) is 25.1 Å². The zero-order chi connectivity index (χ0) is 13.7. The van der Waals surface area contributed by atoms with Gasteiger partial charge in [-0.15, -0.1) is 11.6 Å². The summed E-state index contributed by atoms with van der Waals surface area (Å²) in [5, 5.41) is 0. The molecule has 1 heterocycles. The second-order valence-corrected chi connectivity index (χ2v) is 5.27. The molecule has 1 unspecified atom stereocenters. The molecule has 0 aromatic carbocycles. The topological polar surface area (TPSA) is 19.4 Å². The summed E-state index contributed by atoms with van der Waals surface area (Å²) in [5.74, 6) is 1.57. The van der Waals surface area contributed by atoms with E-state index in [-0.39, 0.29) is 0 Å². The normalized spacial score (nSPS) is 12.8. The van der Waals surface area contributed by atoms with Crippen molar-refractivity contribution < 1.29 is 0 Å². The van der Waals surface area contributed by atoms with Crippen molar-refractivity contribution in [3.63, 3.8) is 0 Å². The molecular weight excluding hydrogens is 246 g/mol. The molecule has 0 bridgehead atoms. The Morgan fingerprint density at radius 3 is 2.50 bits per heavy atom. The maximum atomic E-state index is 5.93. The minimum atomic E-state index is 0.433. The number of rotatable bonds is 6. The van der Waals surface area contributed by atoms with E-state index in [1.54, 1.807) is 0 Å². The molecule has 0 N–H and O–H groups in total. The van der Waals surface area contributed by atoms with Crippen LogP contribution in [0.2, 0.25) is 0 Å². The fourth-order valence-electron chi connectivity index (χ4n) is 2.27. The van der Waals surface area contributed by atoms with E-state index in [1.807, 2.05) is 13.0 Å². The van der Waals surface area contributed by atoms with E-state index in [0.29, 0.717) is 11.9 Å². The van der Waals surface area contributed by atoms with Gasteiger partial charge in [0.25, 0.3) is 0 Å². The molecule has 1 atom stereocenters. The molecule has 1 aromatic heterocycles. The van der Waals surface area contributed by atoms with Crippen molar-refractivity contribution >= 4 is 17.4 Å². The first-order chi connectivity index (χ1) is 8.47. The van der Waals surface area contributed by atoms with Gasteiger partial charge < -0.3 is 9.80 Å². The van der Waals surface area contributed by atoms with Gasteiger partial charge in [0, 0.05) is 30.7 Å². The SMILES string of the molecule is CCN(c1cc(CCl)cc(C)n1)C(C)CN(C)C. The van der Waals surface area contributed by atoms with Gasteiger partial charge in [-0.05, 0) is 52.6 Å². The number of hydrogen-bond donors (Lipinski definition) is 0. The van der Waals surface area contributed by atoms with E-state index >= 15 is 0 Å². The third-order valence-corrected chi connectivity index (χ3v) is 3.26. The highest BCUT2D eigenvalue weighted by Gasteiger charge is 2.15. The third kappa shape index (κ3) is 4.14. The van der Waals surface area contributed by atoms with Crippen molar-refractivity contribution in [3.8, 4) is 0 Å². The lowest BCUT2D eigenvalue weighted by atomic mass is 10.2. The number of hydrogen-bond acceptors (Lipinski definition) is 3. The number of alkyl halides is 1. The fourth-order valence-corrected chi connectivity index (χ4v) is 2.43. The van der Waals surface area contributed by atoms with Crippen LogP contribution in [0, 0.1) is 6.92 Å². The minimum absolute atomic E-state index is 0.433. The Morgan fingerprint density at radius 2 is 2.00 bits per heavy atom. The van der Waals surface area contributed by atoms with E-state index in [1.165, 1.54) is 0 Å². The number of nitrogens with zero attached hydrogens (tertiary/aromatic N) is 3. The first-order valence-corrected chi connectivity index (χ1v) is 6.96. The Kier molecular flexibility index (Phi) is 5.89. The van der Waals surface area contributed by atoms with Crippen LogP contribution in [0.5, 0.6) is 0 Å². The van der Waals surface area contributed by atoms with Crippen LogP contribution in [0.3, 0.4) is 0 Å². The second-order valence-electron chi connectivity index (χ2n) is 5.01. The maximum Gasteiger partial charge on any atom is 0.129 e. The minimum Gasteiger partial charge on any atom is -0.353 e. The quantitative estimate of drug-likeness (QED) is 0.741. The first-order valence-electron chi connectivity index (χ1n) is 6.42. The Hall–Kier alpha value is -0.800. The predicted octanol–water partition coefficient (Wildman–Crippen LogP) is 2.91. The van der Waals surface area contributed by atoms with Crippen LogP contribution in [-0.2, 0) is 5.88 Å². The molecule has 1 aromatic rings. The number of halogens is 1. The van der Waals surface area contributed by atoms with E-state index in [4.69, 9.17) is 11.6 Å². The summed E-state index contributed by atoms with van der Waals surface area (Å²) < 4.78 is 0. The molecule has 0 amide bonds. The van der Waals surface area contributed by atoms with Crippen LogP contribution in [0.15, 0.2) is 12.1 Å². The molecule has 102 valence electrons. The van der Waals surface area contributed by atoms with E-state index < -0.39 is 0 Å². The van der Waals surface area contributed by atoms with Crippen molar-refractivity contribution in [1.29, 1.82) is 0 Å². The smallest absolute Gasteiger partial charge is 0.129 e. The molecule has 0 saturated heterocycles. The van der Waals surface area contributed by atoms with Crippen LogP contribution in [0.4, 0.5) is 5.82 Å². The van der Waals surface area contributed by atoms with Crippen LogP contribution >= 0.6 is 11.6 Å². The van der Waals surface area contributed by atoms with Gasteiger partial charge >= 0.3 is 0 Å². The Balaban J connectivity index is 2.97. The zero-order valence-electron chi connectivity index (χ0n) is 12.1. The van der Waals surface area contributed by atoms with Gasteiger partial charge in [0.15, 0.2) is 0 Å². The third-order valence-electron chi connectivity index (χ3n) is 2.95. The summed E-state index contributed by atoms with van der Waals surface area (Å²) in [6, 6.07) is 4.57. The molecule has 1 rings (SSSR count). The highest BCUT2D eigenvalue weighted by atomic mass is 35.5. The molecular formula is C14H24ClN3. The zero-order valence-corrected chi connectivity index (χ0v) is 12.8. The maximum absolute atomic E-state index is 5.93. The van der Waals surface area contributed by atoms with Crippen molar-refractivity contribution in [2.75, 3.05) is 32.1 Å². The van der Waals surface area contributed by atoms with Gasteiger partial charge in [0.1, 0.15) is 5.82 Å². The Bertz CT molecular complexity index is 379. The molecule has 18 heavy (non-hydrogen) atoms. The number of aromatic nitrogens is 1. The lowest BCUT2D eigenvalue weighted by Crippen LogP contribution is -2.40. The average molecular weight is 270 g/mol. The van der Waals surface area contributed by atoms with Crippen molar-refractivity contribution in [2.45, 2.75) is 32.7 Å². The summed E-state index contributed by atoms with van der Waals surface area (Å²) >= 11 is 5.93. The first kappa shape index (κ1) is 15.3. The molecule has 0 spiro atoms. The molecule has 3 nitrogen and oxygen atoms in total. The Labute approximate surface area is 116 Å². The largest absolute Gasteiger partial charge is 0.353 e.